The number of hydrogen-bond donors (Lipinski definition) is 1. The second-order valence-corrected chi connectivity index (χ2v) is 12.0. The topological polar surface area (TPSA) is 72.3 Å². The van der Waals surface area contributed by atoms with Crippen molar-refractivity contribution in [2.45, 2.75) is 77.7 Å². The molecule has 3 aromatic rings. The van der Waals surface area contributed by atoms with Crippen molar-refractivity contribution >= 4 is 23.0 Å². The molecule has 34 heavy (non-hydrogen) atoms. The number of hydrogen-bond acceptors (Lipinski definition) is 5. The molecule has 1 N–H and O–H groups in total. The fraction of sp³-hybridized carbons (Fsp3) is 0.630. The molecule has 4 fully saturated rings. The molecular weight excluding hydrogens is 440 g/mol. The minimum Gasteiger partial charge on any atom is -0.325 e. The van der Waals surface area contributed by atoms with E-state index < -0.39 is 0 Å². The normalized spacial score (nSPS) is 29.1. The number of unbranched alkanes of at least 4 members (excludes halogenated alkanes) is 1. The van der Waals surface area contributed by atoms with Crippen molar-refractivity contribution in [3.63, 3.8) is 0 Å². The molecule has 4 saturated carbocycles. The summed E-state index contributed by atoms with van der Waals surface area (Å²) < 4.78 is 2.59. The Morgan fingerprint density at radius 2 is 2.00 bits per heavy atom. The van der Waals surface area contributed by atoms with Crippen LogP contribution in [0, 0.1) is 29.6 Å². The van der Waals surface area contributed by atoms with Crippen LogP contribution in [0.5, 0.6) is 0 Å². The van der Waals surface area contributed by atoms with Gasteiger partial charge in [0.05, 0.1) is 11.9 Å². The van der Waals surface area contributed by atoms with Crippen molar-refractivity contribution in [1.29, 1.82) is 0 Å². The lowest BCUT2D eigenvalue weighted by atomic mass is 9.50. The maximum absolute atomic E-state index is 4.98. The third-order valence-corrected chi connectivity index (χ3v) is 9.70. The predicted molar refractivity (Wildman–Crippen MR) is 136 cm³/mol. The van der Waals surface area contributed by atoms with Crippen molar-refractivity contribution in [3.05, 3.63) is 45.9 Å². The number of thiophene rings is 1. The molecule has 6 nitrogen and oxygen atoms in total. The predicted octanol–water partition coefficient (Wildman–Crippen LogP) is 6.22. The lowest BCUT2D eigenvalue weighted by Gasteiger charge is -2.56. The van der Waals surface area contributed by atoms with Gasteiger partial charge in [-0.15, -0.1) is 21.5 Å². The molecule has 0 amide bonds. The summed E-state index contributed by atoms with van der Waals surface area (Å²) in [4.78, 5) is 6.28. The summed E-state index contributed by atoms with van der Waals surface area (Å²) in [5.41, 5.74) is 2.29. The van der Waals surface area contributed by atoms with Crippen LogP contribution in [0.4, 0.5) is 0 Å². The fourth-order valence-corrected chi connectivity index (χ4v) is 8.44. The molecule has 0 radical (unpaired) electrons. The molecule has 7 heteroatoms. The molecular formula is C27H36N6S. The van der Waals surface area contributed by atoms with Gasteiger partial charge in [0.1, 0.15) is 5.82 Å². The molecule has 0 aromatic carbocycles. The van der Waals surface area contributed by atoms with Gasteiger partial charge in [-0.05, 0) is 97.8 Å². The summed E-state index contributed by atoms with van der Waals surface area (Å²) in [5.74, 6) is 6.50. The van der Waals surface area contributed by atoms with Gasteiger partial charge < -0.3 is 4.57 Å². The number of rotatable bonds is 9. The van der Waals surface area contributed by atoms with E-state index in [0.717, 1.165) is 48.0 Å². The number of aromatic amines is 1. The van der Waals surface area contributed by atoms with Gasteiger partial charge in [0.2, 0.25) is 5.82 Å². The minimum atomic E-state index is 0.476. The number of H-pyrrole nitrogens is 1. The highest BCUT2D eigenvalue weighted by Gasteiger charge is 2.50. The van der Waals surface area contributed by atoms with Crippen LogP contribution in [-0.4, -0.2) is 30.2 Å². The summed E-state index contributed by atoms with van der Waals surface area (Å²) in [6.45, 7) is 4.75. The Morgan fingerprint density at radius 1 is 1.21 bits per heavy atom. The fourth-order valence-electron chi connectivity index (χ4n) is 7.71. The first-order chi connectivity index (χ1) is 16.7. The molecule has 4 aliphatic rings. The number of aromatic nitrogens is 6. The van der Waals surface area contributed by atoms with E-state index in [0.29, 0.717) is 11.9 Å². The standard InChI is InChI=1S/C27H36N6S/c1-3-4-7-25-28-16-23(14-22(27-29-31-32-30-27)15-24-6-5-8-34-24)33(25)17(2)26-20-10-18-9-19(12-20)13-21(26)11-18/h5-6,8,14,16-21,26H,3-4,7,9-13,15H2,1-2H3,(H,29,30,31,32). The molecule has 4 aliphatic carbocycles. The van der Waals surface area contributed by atoms with Gasteiger partial charge in [-0.3, -0.25) is 0 Å². The Bertz CT molecular complexity index is 1080. The van der Waals surface area contributed by atoms with Crippen molar-refractivity contribution in [2.75, 3.05) is 0 Å². The van der Waals surface area contributed by atoms with E-state index in [1.165, 1.54) is 61.3 Å². The van der Waals surface area contributed by atoms with Crippen molar-refractivity contribution < 1.29 is 0 Å². The van der Waals surface area contributed by atoms with Gasteiger partial charge in [0, 0.05) is 29.3 Å². The van der Waals surface area contributed by atoms with E-state index in [-0.39, 0.29) is 0 Å². The summed E-state index contributed by atoms with van der Waals surface area (Å²) in [7, 11) is 0. The minimum absolute atomic E-state index is 0.476. The average molecular weight is 477 g/mol. The Labute approximate surface area is 206 Å². The van der Waals surface area contributed by atoms with Gasteiger partial charge in [-0.2, -0.15) is 5.21 Å². The van der Waals surface area contributed by atoms with Crippen LogP contribution in [0.25, 0.3) is 11.6 Å². The number of nitrogens with zero attached hydrogens (tertiary/aromatic N) is 5. The number of allylic oxidation sites excluding steroid dienone is 1. The maximum Gasteiger partial charge on any atom is 0.201 e. The van der Waals surface area contributed by atoms with Crippen LogP contribution >= 0.6 is 11.3 Å². The summed E-state index contributed by atoms with van der Waals surface area (Å²) in [6, 6.07) is 4.76. The summed E-state index contributed by atoms with van der Waals surface area (Å²) in [6.07, 6.45) is 15.9. The smallest absolute Gasteiger partial charge is 0.201 e. The SMILES string of the molecule is CCCCc1ncc(C=C(Cc2cccs2)c2nn[nH]n2)n1C(C)C1C2CC3CC(C2)CC1C3. The Morgan fingerprint density at radius 3 is 2.65 bits per heavy atom. The second-order valence-electron chi connectivity index (χ2n) is 11.0. The zero-order valence-electron chi connectivity index (χ0n) is 20.4. The first-order valence-electron chi connectivity index (χ1n) is 13.2. The molecule has 3 aromatic heterocycles. The van der Waals surface area contributed by atoms with E-state index in [9.17, 15) is 0 Å². The van der Waals surface area contributed by atoms with Gasteiger partial charge in [0.25, 0.3) is 0 Å². The zero-order chi connectivity index (χ0) is 23.1. The highest BCUT2D eigenvalue weighted by Crippen LogP contribution is 2.59. The van der Waals surface area contributed by atoms with Crippen molar-refractivity contribution in [2.24, 2.45) is 29.6 Å². The molecule has 4 bridgehead atoms. The lowest BCUT2D eigenvalue weighted by molar-refractivity contribution is -0.0558. The van der Waals surface area contributed by atoms with Crippen LogP contribution in [0.2, 0.25) is 0 Å². The van der Waals surface area contributed by atoms with E-state index in [4.69, 9.17) is 4.98 Å². The van der Waals surface area contributed by atoms with Gasteiger partial charge in [-0.1, -0.05) is 19.4 Å². The molecule has 7 rings (SSSR count). The first kappa shape index (κ1) is 22.2. The quantitative estimate of drug-likeness (QED) is 0.398. The van der Waals surface area contributed by atoms with Gasteiger partial charge in [0.15, 0.2) is 0 Å². The zero-order valence-corrected chi connectivity index (χ0v) is 21.2. The largest absolute Gasteiger partial charge is 0.325 e. The number of imidazole rings is 1. The number of aryl methyl sites for hydroxylation is 1. The van der Waals surface area contributed by atoms with Crippen LogP contribution < -0.4 is 0 Å². The van der Waals surface area contributed by atoms with Gasteiger partial charge in [-0.25, -0.2) is 4.98 Å². The van der Waals surface area contributed by atoms with Gasteiger partial charge >= 0.3 is 0 Å². The first-order valence-corrected chi connectivity index (χ1v) is 14.1. The van der Waals surface area contributed by atoms with Crippen LogP contribution in [0.15, 0.2) is 23.7 Å². The monoisotopic (exact) mass is 476 g/mol. The van der Waals surface area contributed by atoms with E-state index in [1.54, 1.807) is 11.3 Å². The van der Waals surface area contributed by atoms with Crippen LogP contribution in [0.3, 0.4) is 0 Å². The Balaban J connectivity index is 1.37. The van der Waals surface area contributed by atoms with Crippen molar-refractivity contribution in [1.82, 2.24) is 30.2 Å². The van der Waals surface area contributed by atoms with E-state index in [1.807, 2.05) is 0 Å². The second kappa shape index (κ2) is 9.40. The average Bonchev–Trinajstić information content (AvgIpc) is 3.59. The molecule has 0 spiro atoms. The number of nitrogens with one attached hydrogen (secondary N) is 1. The van der Waals surface area contributed by atoms with Crippen LogP contribution in [0.1, 0.15) is 87.1 Å². The molecule has 0 aliphatic heterocycles. The maximum atomic E-state index is 4.98. The third-order valence-electron chi connectivity index (χ3n) is 8.82. The Kier molecular flexibility index (Phi) is 6.14. The van der Waals surface area contributed by atoms with Crippen LogP contribution in [-0.2, 0) is 12.8 Å². The van der Waals surface area contributed by atoms with Crippen molar-refractivity contribution in [3.8, 4) is 0 Å². The number of tetrazole rings is 1. The van der Waals surface area contributed by atoms with E-state index in [2.05, 4.69) is 68.8 Å². The Hall–Kier alpha value is -2.28. The van der Waals surface area contributed by atoms with E-state index >= 15 is 0 Å². The molecule has 1 unspecified atom stereocenters. The molecule has 0 saturated heterocycles. The summed E-state index contributed by atoms with van der Waals surface area (Å²) >= 11 is 1.77. The highest BCUT2D eigenvalue weighted by atomic mass is 32.1. The molecule has 3 heterocycles. The lowest BCUT2D eigenvalue weighted by Crippen LogP contribution is -2.47. The molecule has 1 atom stereocenters. The highest BCUT2D eigenvalue weighted by molar-refractivity contribution is 7.10. The third kappa shape index (κ3) is 4.16. The molecule has 180 valence electrons. The summed E-state index contributed by atoms with van der Waals surface area (Å²) in [5, 5.41) is 17.3.